The number of hydrogen-bond acceptors (Lipinski definition) is 4. The molecule has 98 valence electrons. The molecule has 1 saturated carbocycles. The van der Waals surface area contributed by atoms with Gasteiger partial charge in [0.1, 0.15) is 11.2 Å². The van der Waals surface area contributed by atoms with Crippen molar-refractivity contribution >= 4 is 33.2 Å². The Morgan fingerprint density at radius 1 is 1.47 bits per heavy atom. The van der Waals surface area contributed by atoms with Crippen LogP contribution in [-0.4, -0.2) is 21.0 Å². The van der Waals surface area contributed by atoms with Crippen LogP contribution in [0.1, 0.15) is 25.1 Å². The molecule has 1 aliphatic carbocycles. The van der Waals surface area contributed by atoms with Crippen LogP contribution >= 0.6 is 27.3 Å². The van der Waals surface area contributed by atoms with E-state index in [0.29, 0.717) is 18.7 Å². The van der Waals surface area contributed by atoms with Gasteiger partial charge in [-0.25, -0.2) is 9.97 Å². The van der Waals surface area contributed by atoms with Crippen molar-refractivity contribution in [1.29, 1.82) is 0 Å². The largest absolute Gasteiger partial charge is 0.480 e. The zero-order valence-corrected chi connectivity index (χ0v) is 12.4. The molecule has 6 heteroatoms. The highest BCUT2D eigenvalue weighted by Crippen LogP contribution is 2.42. The first kappa shape index (κ1) is 12.7. The van der Waals surface area contributed by atoms with Gasteiger partial charge in [0.05, 0.1) is 10.6 Å². The molecule has 0 bridgehead atoms. The molecule has 2 aromatic heterocycles. The van der Waals surface area contributed by atoms with E-state index in [2.05, 4.69) is 25.9 Å². The van der Waals surface area contributed by atoms with E-state index >= 15 is 0 Å². The number of hydrogen-bond donors (Lipinski definition) is 1. The van der Waals surface area contributed by atoms with Crippen molar-refractivity contribution in [3.8, 4) is 10.6 Å². The van der Waals surface area contributed by atoms with Gasteiger partial charge in [0, 0.05) is 16.0 Å². The Labute approximate surface area is 122 Å². The minimum atomic E-state index is -0.871. The van der Waals surface area contributed by atoms with Gasteiger partial charge in [0.25, 0.3) is 0 Å². The van der Waals surface area contributed by atoms with Crippen LogP contribution in [-0.2, 0) is 10.2 Å². The van der Waals surface area contributed by atoms with Gasteiger partial charge in [0.15, 0.2) is 0 Å². The summed E-state index contributed by atoms with van der Waals surface area (Å²) in [5.41, 5.74) is -0.0851. The molecule has 3 rings (SSSR count). The van der Waals surface area contributed by atoms with E-state index in [1.54, 1.807) is 17.5 Å². The Morgan fingerprint density at radius 3 is 2.79 bits per heavy atom. The number of rotatable bonds is 3. The first-order valence-electron chi connectivity index (χ1n) is 5.93. The predicted octanol–water partition coefficient (Wildman–Crippen LogP) is 3.47. The van der Waals surface area contributed by atoms with Crippen molar-refractivity contribution < 1.29 is 9.90 Å². The zero-order valence-electron chi connectivity index (χ0n) is 9.97. The number of nitrogens with zero attached hydrogens (tertiary/aromatic N) is 2. The summed E-state index contributed by atoms with van der Waals surface area (Å²) in [6, 6.07) is 3.79. The van der Waals surface area contributed by atoms with Gasteiger partial charge in [-0.2, -0.15) is 0 Å². The molecule has 1 fully saturated rings. The van der Waals surface area contributed by atoms with Gasteiger partial charge in [-0.15, -0.1) is 11.3 Å². The molecule has 2 aromatic rings. The van der Waals surface area contributed by atoms with E-state index in [1.165, 1.54) is 0 Å². The van der Waals surface area contributed by atoms with Crippen molar-refractivity contribution in [2.45, 2.75) is 24.7 Å². The summed E-state index contributed by atoms with van der Waals surface area (Å²) in [6.45, 7) is 0. The summed E-state index contributed by atoms with van der Waals surface area (Å²) < 4.78 is 1.00. The van der Waals surface area contributed by atoms with Gasteiger partial charge in [-0.3, -0.25) is 4.79 Å². The number of carbonyl (C=O) groups is 1. The van der Waals surface area contributed by atoms with Crippen LogP contribution in [0.15, 0.2) is 28.2 Å². The molecule has 1 aliphatic rings. The molecule has 19 heavy (non-hydrogen) atoms. The molecular formula is C13H11BrN2O2S. The van der Waals surface area contributed by atoms with E-state index < -0.39 is 11.4 Å². The van der Waals surface area contributed by atoms with Crippen molar-refractivity contribution in [1.82, 2.24) is 9.97 Å². The normalized spacial score (nSPS) is 16.9. The Hall–Kier alpha value is -1.27. The van der Waals surface area contributed by atoms with Crippen LogP contribution in [0.4, 0.5) is 0 Å². The van der Waals surface area contributed by atoms with E-state index in [4.69, 9.17) is 0 Å². The second kappa shape index (κ2) is 4.68. The SMILES string of the molecule is O=C(O)C1(c2nccc(-c3cc(Br)cs3)n2)CCC1. The smallest absolute Gasteiger partial charge is 0.317 e. The average Bonchev–Trinajstić information content (AvgIpc) is 2.74. The maximum Gasteiger partial charge on any atom is 0.317 e. The van der Waals surface area contributed by atoms with Gasteiger partial charge in [0.2, 0.25) is 0 Å². The summed E-state index contributed by atoms with van der Waals surface area (Å²) in [4.78, 5) is 21.1. The van der Waals surface area contributed by atoms with Gasteiger partial charge >= 0.3 is 5.97 Å². The van der Waals surface area contributed by atoms with Crippen LogP contribution in [0.2, 0.25) is 0 Å². The quantitative estimate of drug-likeness (QED) is 0.930. The minimum Gasteiger partial charge on any atom is -0.480 e. The fourth-order valence-corrected chi connectivity index (χ4v) is 3.64. The Balaban J connectivity index is 2.03. The van der Waals surface area contributed by atoms with Crippen molar-refractivity contribution in [3.05, 3.63) is 34.0 Å². The first-order chi connectivity index (χ1) is 9.12. The monoisotopic (exact) mass is 338 g/mol. The average molecular weight is 339 g/mol. The van der Waals surface area contributed by atoms with Crippen LogP contribution in [0.25, 0.3) is 10.6 Å². The second-order valence-electron chi connectivity index (χ2n) is 4.64. The molecule has 4 nitrogen and oxygen atoms in total. The van der Waals surface area contributed by atoms with Crippen molar-refractivity contribution in [3.63, 3.8) is 0 Å². The number of aromatic nitrogens is 2. The highest BCUT2D eigenvalue weighted by molar-refractivity contribution is 9.10. The molecule has 0 unspecified atom stereocenters. The number of carboxylic acid groups (broad SMARTS) is 1. The Kier molecular flexibility index (Phi) is 3.14. The molecule has 0 radical (unpaired) electrons. The van der Waals surface area contributed by atoms with Crippen LogP contribution < -0.4 is 0 Å². The number of aliphatic carboxylic acids is 1. The number of carboxylic acids is 1. The molecular weight excluding hydrogens is 328 g/mol. The summed E-state index contributed by atoms with van der Waals surface area (Å²) in [6.07, 6.45) is 3.82. The van der Waals surface area contributed by atoms with Crippen molar-refractivity contribution in [2.75, 3.05) is 0 Å². The lowest BCUT2D eigenvalue weighted by atomic mass is 9.68. The maximum absolute atomic E-state index is 11.5. The zero-order chi connectivity index (χ0) is 13.5. The van der Waals surface area contributed by atoms with E-state index in [-0.39, 0.29) is 0 Å². The molecule has 0 atom stereocenters. The highest BCUT2D eigenvalue weighted by atomic mass is 79.9. The van der Waals surface area contributed by atoms with Gasteiger partial charge < -0.3 is 5.11 Å². The number of halogens is 1. The third-order valence-electron chi connectivity index (χ3n) is 3.52. The predicted molar refractivity (Wildman–Crippen MR) is 76.2 cm³/mol. The van der Waals surface area contributed by atoms with Gasteiger partial charge in [-0.05, 0) is 40.9 Å². The van der Waals surface area contributed by atoms with Crippen LogP contribution in [0, 0.1) is 0 Å². The van der Waals surface area contributed by atoms with E-state index in [0.717, 1.165) is 21.5 Å². The topological polar surface area (TPSA) is 63.1 Å². The number of thiophene rings is 1. The van der Waals surface area contributed by atoms with Crippen molar-refractivity contribution in [2.24, 2.45) is 0 Å². The Bertz CT molecular complexity index is 637. The molecule has 0 amide bonds. The molecule has 0 saturated heterocycles. The summed E-state index contributed by atoms with van der Waals surface area (Å²) in [5.74, 6) is -0.378. The lowest BCUT2D eigenvalue weighted by Crippen LogP contribution is -2.43. The lowest BCUT2D eigenvalue weighted by Gasteiger charge is -2.35. The highest BCUT2D eigenvalue weighted by Gasteiger charge is 2.48. The summed E-state index contributed by atoms with van der Waals surface area (Å²) in [5, 5.41) is 11.4. The fraction of sp³-hybridized carbons (Fsp3) is 0.308. The molecule has 2 heterocycles. The summed E-state index contributed by atoms with van der Waals surface area (Å²) in [7, 11) is 0. The standard InChI is InChI=1S/C13H11BrN2O2S/c14-8-6-10(19-7-8)9-2-5-15-11(16-9)13(12(17)18)3-1-4-13/h2,5-7H,1,3-4H2,(H,17,18). The molecule has 0 aliphatic heterocycles. The van der Waals surface area contributed by atoms with Crippen LogP contribution in [0.5, 0.6) is 0 Å². The summed E-state index contributed by atoms with van der Waals surface area (Å²) >= 11 is 4.98. The second-order valence-corrected chi connectivity index (χ2v) is 6.46. The third-order valence-corrected chi connectivity index (χ3v) is 5.23. The fourth-order valence-electron chi connectivity index (χ4n) is 2.24. The minimum absolute atomic E-state index is 0.438. The lowest BCUT2D eigenvalue weighted by molar-refractivity contribution is -0.147. The van der Waals surface area contributed by atoms with Crippen LogP contribution in [0.3, 0.4) is 0 Å². The third kappa shape index (κ3) is 2.08. The molecule has 1 N–H and O–H groups in total. The van der Waals surface area contributed by atoms with Gasteiger partial charge in [-0.1, -0.05) is 6.42 Å². The molecule has 0 spiro atoms. The first-order valence-corrected chi connectivity index (χ1v) is 7.60. The maximum atomic E-state index is 11.5. The molecule has 0 aromatic carbocycles. The van der Waals surface area contributed by atoms with E-state index in [9.17, 15) is 9.90 Å². The van der Waals surface area contributed by atoms with E-state index in [1.807, 2.05) is 17.5 Å². The Morgan fingerprint density at radius 2 is 2.26 bits per heavy atom.